The Kier molecular flexibility index (Phi) is 4.26. The molecule has 2 aromatic carbocycles. The zero-order valence-electron chi connectivity index (χ0n) is 9.81. The lowest BCUT2D eigenvalue weighted by Gasteiger charge is -2.00. The van der Waals surface area contributed by atoms with Crippen LogP contribution in [0.2, 0.25) is 5.02 Å². The number of rotatable bonds is 3. The van der Waals surface area contributed by atoms with E-state index >= 15 is 0 Å². The first-order chi connectivity index (χ1) is 9.16. The van der Waals surface area contributed by atoms with E-state index in [-0.39, 0.29) is 5.56 Å². The zero-order valence-corrected chi connectivity index (χ0v) is 10.6. The molecule has 0 aliphatic carbocycles. The van der Waals surface area contributed by atoms with Crippen molar-refractivity contribution in [1.29, 1.82) is 0 Å². The largest absolute Gasteiger partial charge is 0.274 e. The average molecular weight is 277 g/mol. The lowest BCUT2D eigenvalue weighted by Crippen LogP contribution is -2.18. The molecule has 1 N–H and O–H groups in total. The summed E-state index contributed by atoms with van der Waals surface area (Å²) in [6, 6.07) is 12.6. The van der Waals surface area contributed by atoms with Crippen LogP contribution in [0.1, 0.15) is 15.9 Å². The maximum Gasteiger partial charge on any atom is 0.274 e. The van der Waals surface area contributed by atoms with Crippen LogP contribution in [0.5, 0.6) is 0 Å². The highest BCUT2D eigenvalue weighted by Gasteiger charge is 2.08. The molecular weight excluding hydrogens is 267 g/mol. The van der Waals surface area contributed by atoms with Crippen LogP contribution in [0.15, 0.2) is 53.6 Å². The van der Waals surface area contributed by atoms with Gasteiger partial charge in [-0.1, -0.05) is 35.9 Å². The van der Waals surface area contributed by atoms with Crippen LogP contribution in [0.25, 0.3) is 0 Å². The van der Waals surface area contributed by atoms with Crippen molar-refractivity contribution in [3.8, 4) is 0 Å². The van der Waals surface area contributed by atoms with Gasteiger partial charge >= 0.3 is 0 Å². The van der Waals surface area contributed by atoms with Crippen molar-refractivity contribution < 1.29 is 9.18 Å². The van der Waals surface area contributed by atoms with E-state index in [0.717, 1.165) is 5.56 Å². The van der Waals surface area contributed by atoms with E-state index in [1.165, 1.54) is 24.4 Å². The molecule has 5 heteroatoms. The van der Waals surface area contributed by atoms with Crippen LogP contribution < -0.4 is 5.43 Å². The summed E-state index contributed by atoms with van der Waals surface area (Å²) in [5.74, 6) is -1.18. The zero-order chi connectivity index (χ0) is 13.7. The van der Waals surface area contributed by atoms with Gasteiger partial charge < -0.3 is 0 Å². The lowest BCUT2D eigenvalue weighted by atomic mass is 10.2. The summed E-state index contributed by atoms with van der Waals surface area (Å²) in [5, 5.41) is 4.37. The first kappa shape index (κ1) is 13.2. The first-order valence-electron chi connectivity index (χ1n) is 5.50. The van der Waals surface area contributed by atoms with Gasteiger partial charge in [0.25, 0.3) is 5.91 Å². The molecule has 96 valence electrons. The van der Waals surface area contributed by atoms with Gasteiger partial charge in [-0.25, -0.2) is 9.82 Å². The number of nitrogens with one attached hydrogen (secondary N) is 1. The van der Waals surface area contributed by atoms with Gasteiger partial charge in [0.05, 0.1) is 11.8 Å². The highest BCUT2D eigenvalue weighted by molar-refractivity contribution is 6.30. The monoisotopic (exact) mass is 276 g/mol. The van der Waals surface area contributed by atoms with Gasteiger partial charge in [0.2, 0.25) is 0 Å². The number of benzene rings is 2. The number of carbonyl (C=O) groups excluding carboxylic acids is 1. The Hall–Kier alpha value is -2.20. The van der Waals surface area contributed by atoms with Gasteiger partial charge in [0.1, 0.15) is 5.82 Å². The molecule has 0 bridgehead atoms. The van der Waals surface area contributed by atoms with Gasteiger partial charge in [0.15, 0.2) is 0 Å². The smallest absolute Gasteiger partial charge is 0.267 e. The van der Waals surface area contributed by atoms with Gasteiger partial charge in [-0.05, 0) is 29.8 Å². The second-order valence-electron chi connectivity index (χ2n) is 3.73. The van der Waals surface area contributed by atoms with Gasteiger partial charge in [0, 0.05) is 5.02 Å². The summed E-state index contributed by atoms with van der Waals surface area (Å²) in [5.41, 5.74) is 2.99. The number of nitrogens with zero attached hydrogens (tertiary/aromatic N) is 1. The van der Waals surface area contributed by atoms with Gasteiger partial charge in [-0.15, -0.1) is 0 Å². The van der Waals surface area contributed by atoms with Crippen molar-refractivity contribution in [3.05, 3.63) is 70.5 Å². The van der Waals surface area contributed by atoms with Gasteiger partial charge in [-0.2, -0.15) is 5.10 Å². The van der Waals surface area contributed by atoms with Crippen LogP contribution in [0, 0.1) is 5.82 Å². The van der Waals surface area contributed by atoms with Crippen molar-refractivity contribution in [2.75, 3.05) is 0 Å². The van der Waals surface area contributed by atoms with E-state index < -0.39 is 11.7 Å². The minimum atomic E-state index is -0.594. The molecule has 0 aliphatic rings. The fourth-order valence-corrected chi connectivity index (χ4v) is 1.55. The summed E-state index contributed by atoms with van der Waals surface area (Å²) >= 11 is 5.74. The van der Waals surface area contributed by atoms with Crippen molar-refractivity contribution in [3.63, 3.8) is 0 Å². The Morgan fingerprint density at radius 2 is 1.84 bits per heavy atom. The van der Waals surface area contributed by atoms with Crippen molar-refractivity contribution in [2.24, 2.45) is 5.10 Å². The third-order valence-corrected chi connectivity index (χ3v) is 2.62. The van der Waals surface area contributed by atoms with E-state index in [1.807, 2.05) is 0 Å². The fourth-order valence-electron chi connectivity index (χ4n) is 1.42. The van der Waals surface area contributed by atoms with E-state index in [2.05, 4.69) is 10.5 Å². The van der Waals surface area contributed by atoms with E-state index in [1.54, 1.807) is 30.3 Å². The molecule has 0 fully saturated rings. The number of hydrogen-bond acceptors (Lipinski definition) is 2. The summed E-state index contributed by atoms with van der Waals surface area (Å²) in [4.78, 5) is 11.6. The molecule has 0 saturated carbocycles. The Morgan fingerprint density at radius 1 is 1.16 bits per heavy atom. The normalized spacial score (nSPS) is 10.6. The SMILES string of the molecule is O=C(NN=Cc1ccc(Cl)cc1)c1ccccc1F. The molecule has 19 heavy (non-hydrogen) atoms. The highest BCUT2D eigenvalue weighted by atomic mass is 35.5. The van der Waals surface area contributed by atoms with Gasteiger partial charge in [-0.3, -0.25) is 4.79 Å². The average Bonchev–Trinajstić information content (AvgIpc) is 2.41. The maximum absolute atomic E-state index is 13.3. The maximum atomic E-state index is 13.3. The number of halogens is 2. The van der Waals surface area contributed by atoms with Crippen LogP contribution in [0.3, 0.4) is 0 Å². The Balaban J connectivity index is 2.01. The molecular formula is C14H10ClFN2O. The Bertz CT molecular complexity index is 611. The molecule has 2 rings (SSSR count). The summed E-state index contributed by atoms with van der Waals surface area (Å²) < 4.78 is 13.3. The first-order valence-corrected chi connectivity index (χ1v) is 5.88. The van der Waals surface area contributed by atoms with Crippen LogP contribution in [-0.4, -0.2) is 12.1 Å². The van der Waals surface area contributed by atoms with E-state index in [9.17, 15) is 9.18 Å². The molecule has 2 aromatic rings. The summed E-state index contributed by atoms with van der Waals surface area (Å²) in [7, 11) is 0. The number of hydrogen-bond donors (Lipinski definition) is 1. The molecule has 0 saturated heterocycles. The third kappa shape index (κ3) is 3.63. The predicted octanol–water partition coefficient (Wildman–Crippen LogP) is 3.24. The molecule has 3 nitrogen and oxygen atoms in total. The van der Waals surface area contributed by atoms with E-state index in [0.29, 0.717) is 5.02 Å². The highest BCUT2D eigenvalue weighted by Crippen LogP contribution is 2.08. The van der Waals surface area contributed by atoms with E-state index in [4.69, 9.17) is 11.6 Å². The molecule has 0 spiro atoms. The molecule has 0 radical (unpaired) electrons. The fraction of sp³-hybridized carbons (Fsp3) is 0. The van der Waals surface area contributed by atoms with Crippen LogP contribution in [0.4, 0.5) is 4.39 Å². The molecule has 0 heterocycles. The van der Waals surface area contributed by atoms with Crippen molar-refractivity contribution in [2.45, 2.75) is 0 Å². The lowest BCUT2D eigenvalue weighted by molar-refractivity contribution is 0.0951. The second-order valence-corrected chi connectivity index (χ2v) is 4.17. The number of hydrazone groups is 1. The number of amides is 1. The predicted molar refractivity (Wildman–Crippen MR) is 72.9 cm³/mol. The molecule has 0 atom stereocenters. The van der Waals surface area contributed by atoms with Crippen molar-refractivity contribution in [1.82, 2.24) is 5.43 Å². The van der Waals surface area contributed by atoms with Crippen LogP contribution >= 0.6 is 11.6 Å². The summed E-state index contributed by atoms with van der Waals surface area (Å²) in [6.45, 7) is 0. The summed E-state index contributed by atoms with van der Waals surface area (Å²) in [6.07, 6.45) is 1.45. The molecule has 1 amide bonds. The molecule has 0 unspecified atom stereocenters. The minimum absolute atomic E-state index is 0.0456. The number of carbonyl (C=O) groups is 1. The molecule has 0 aliphatic heterocycles. The standard InChI is InChI=1S/C14H10ClFN2O/c15-11-7-5-10(6-8-11)9-17-18-14(19)12-3-1-2-4-13(12)16/h1-9H,(H,18,19). The molecule has 0 aromatic heterocycles. The van der Waals surface area contributed by atoms with Crippen LogP contribution in [-0.2, 0) is 0 Å². The minimum Gasteiger partial charge on any atom is -0.267 e. The Labute approximate surface area is 114 Å². The Morgan fingerprint density at radius 3 is 2.53 bits per heavy atom. The third-order valence-electron chi connectivity index (χ3n) is 2.37. The second kappa shape index (κ2) is 6.11. The van der Waals surface area contributed by atoms with Crippen molar-refractivity contribution >= 4 is 23.7 Å². The quantitative estimate of drug-likeness (QED) is 0.679. The topological polar surface area (TPSA) is 41.5 Å².